The molecule has 0 aliphatic rings. The standard InChI is InChI=1S/C15H12ClN3O4S/c16-10-5-1-2-6-11(10)24-13-9(4-3-7-18-13)14(21)23-8-12(20)19-15(17)22/h1-7H,8H2,(H3,17,19,20,22). The Morgan fingerprint density at radius 2 is 1.96 bits per heavy atom. The van der Waals surface area contributed by atoms with Crippen LogP contribution in [0.3, 0.4) is 0 Å². The number of hydrogen-bond acceptors (Lipinski definition) is 6. The first-order valence-electron chi connectivity index (χ1n) is 6.61. The van der Waals surface area contributed by atoms with Crippen molar-refractivity contribution in [2.24, 2.45) is 5.73 Å². The summed E-state index contributed by atoms with van der Waals surface area (Å²) in [5.74, 6) is -1.57. The van der Waals surface area contributed by atoms with Gasteiger partial charge in [-0.05, 0) is 24.3 Å². The lowest BCUT2D eigenvalue weighted by Gasteiger charge is -2.09. The van der Waals surface area contributed by atoms with Crippen LogP contribution in [0.2, 0.25) is 5.02 Å². The first-order chi connectivity index (χ1) is 11.5. The Labute approximate surface area is 146 Å². The fourth-order valence-corrected chi connectivity index (χ4v) is 2.79. The van der Waals surface area contributed by atoms with Crippen LogP contribution in [-0.4, -0.2) is 29.5 Å². The van der Waals surface area contributed by atoms with Crippen LogP contribution < -0.4 is 11.1 Å². The van der Waals surface area contributed by atoms with Crippen LogP contribution in [0, 0.1) is 0 Å². The average molecular weight is 366 g/mol. The molecular formula is C15H12ClN3O4S. The number of nitrogens with zero attached hydrogens (tertiary/aromatic N) is 1. The summed E-state index contributed by atoms with van der Waals surface area (Å²) >= 11 is 7.29. The zero-order chi connectivity index (χ0) is 17.5. The molecule has 0 aliphatic heterocycles. The van der Waals surface area contributed by atoms with E-state index in [0.29, 0.717) is 10.0 Å². The Hall–Kier alpha value is -2.58. The topological polar surface area (TPSA) is 111 Å². The SMILES string of the molecule is NC(=O)NC(=O)COC(=O)c1cccnc1Sc1ccccc1Cl. The molecule has 24 heavy (non-hydrogen) atoms. The summed E-state index contributed by atoms with van der Waals surface area (Å²) in [6.45, 7) is -0.632. The van der Waals surface area contributed by atoms with Crippen LogP contribution in [0.5, 0.6) is 0 Å². The van der Waals surface area contributed by atoms with Gasteiger partial charge in [-0.1, -0.05) is 35.5 Å². The number of amides is 3. The molecule has 0 atom stereocenters. The van der Waals surface area contributed by atoms with Gasteiger partial charge in [0.25, 0.3) is 5.91 Å². The van der Waals surface area contributed by atoms with Crippen molar-refractivity contribution in [2.45, 2.75) is 9.92 Å². The summed E-state index contributed by atoms with van der Waals surface area (Å²) < 4.78 is 4.85. The fourth-order valence-electron chi connectivity index (χ4n) is 1.64. The predicted octanol–water partition coefficient (Wildman–Crippen LogP) is 2.24. The van der Waals surface area contributed by atoms with Crippen LogP contribution in [0.4, 0.5) is 4.79 Å². The van der Waals surface area contributed by atoms with E-state index in [2.05, 4.69) is 4.98 Å². The van der Waals surface area contributed by atoms with E-state index in [1.54, 1.807) is 29.6 Å². The maximum Gasteiger partial charge on any atom is 0.341 e. The number of nitrogens with one attached hydrogen (secondary N) is 1. The molecule has 1 aromatic heterocycles. The van der Waals surface area contributed by atoms with E-state index in [4.69, 9.17) is 22.1 Å². The van der Waals surface area contributed by atoms with Gasteiger partial charge in [-0.3, -0.25) is 10.1 Å². The molecule has 0 spiro atoms. The number of halogens is 1. The zero-order valence-electron chi connectivity index (χ0n) is 12.2. The second kappa shape index (κ2) is 8.32. The normalized spacial score (nSPS) is 10.0. The van der Waals surface area contributed by atoms with Crippen molar-refractivity contribution in [3.63, 3.8) is 0 Å². The predicted molar refractivity (Wildman–Crippen MR) is 87.8 cm³/mol. The van der Waals surface area contributed by atoms with E-state index in [1.165, 1.54) is 24.0 Å². The van der Waals surface area contributed by atoms with Gasteiger partial charge >= 0.3 is 12.0 Å². The number of urea groups is 1. The summed E-state index contributed by atoms with van der Waals surface area (Å²) in [6.07, 6.45) is 1.52. The Bertz CT molecular complexity index is 785. The van der Waals surface area contributed by atoms with E-state index in [9.17, 15) is 14.4 Å². The van der Waals surface area contributed by atoms with E-state index in [0.717, 1.165) is 4.90 Å². The molecule has 2 aromatic rings. The lowest BCUT2D eigenvalue weighted by molar-refractivity contribution is -0.123. The van der Waals surface area contributed by atoms with Crippen LogP contribution in [0.25, 0.3) is 0 Å². The Balaban J connectivity index is 2.11. The maximum absolute atomic E-state index is 12.1. The molecule has 9 heteroatoms. The molecule has 0 bridgehead atoms. The number of carbonyl (C=O) groups is 3. The van der Waals surface area contributed by atoms with Gasteiger partial charge < -0.3 is 10.5 Å². The highest BCUT2D eigenvalue weighted by atomic mass is 35.5. The smallest absolute Gasteiger partial charge is 0.341 e. The van der Waals surface area contributed by atoms with E-state index in [1.807, 2.05) is 6.07 Å². The van der Waals surface area contributed by atoms with Gasteiger partial charge in [0.05, 0.1) is 10.6 Å². The highest BCUT2D eigenvalue weighted by Gasteiger charge is 2.17. The number of carbonyl (C=O) groups excluding carboxylic acids is 3. The van der Waals surface area contributed by atoms with Crippen LogP contribution in [0.1, 0.15) is 10.4 Å². The molecular weight excluding hydrogens is 354 g/mol. The van der Waals surface area contributed by atoms with Crippen molar-refractivity contribution in [3.8, 4) is 0 Å². The van der Waals surface area contributed by atoms with Gasteiger partial charge in [0.1, 0.15) is 5.03 Å². The van der Waals surface area contributed by atoms with E-state index >= 15 is 0 Å². The number of nitrogens with two attached hydrogens (primary N) is 1. The molecule has 124 valence electrons. The van der Waals surface area contributed by atoms with E-state index in [-0.39, 0.29) is 5.56 Å². The third kappa shape index (κ3) is 4.97. The number of imide groups is 1. The van der Waals surface area contributed by atoms with Gasteiger partial charge in [0.2, 0.25) is 0 Å². The lowest BCUT2D eigenvalue weighted by Crippen LogP contribution is -2.37. The molecule has 3 N–H and O–H groups in total. The summed E-state index contributed by atoms with van der Waals surface area (Å²) in [6, 6.07) is 9.17. The van der Waals surface area contributed by atoms with Gasteiger partial charge in [-0.25, -0.2) is 14.6 Å². The van der Waals surface area contributed by atoms with Gasteiger partial charge in [-0.2, -0.15) is 0 Å². The van der Waals surface area contributed by atoms with Crippen molar-refractivity contribution in [2.75, 3.05) is 6.61 Å². The first-order valence-corrected chi connectivity index (χ1v) is 7.80. The van der Waals surface area contributed by atoms with E-state index < -0.39 is 24.5 Å². The number of esters is 1. The summed E-state index contributed by atoms with van der Waals surface area (Å²) in [5, 5.41) is 2.70. The minimum atomic E-state index is -1.02. The summed E-state index contributed by atoms with van der Waals surface area (Å²) in [5.41, 5.74) is 4.97. The van der Waals surface area contributed by atoms with Crippen LogP contribution in [0.15, 0.2) is 52.5 Å². The molecule has 1 aromatic carbocycles. The van der Waals surface area contributed by atoms with Gasteiger partial charge in [0, 0.05) is 11.1 Å². The minimum absolute atomic E-state index is 0.175. The second-order valence-electron chi connectivity index (χ2n) is 4.38. The lowest BCUT2D eigenvalue weighted by atomic mass is 10.3. The molecule has 0 aliphatic carbocycles. The van der Waals surface area contributed by atoms with Gasteiger partial charge in [-0.15, -0.1) is 0 Å². The third-order valence-corrected chi connectivity index (χ3v) is 4.17. The fraction of sp³-hybridized carbons (Fsp3) is 0.0667. The Morgan fingerprint density at radius 1 is 1.21 bits per heavy atom. The molecule has 0 fully saturated rings. The molecule has 0 radical (unpaired) electrons. The van der Waals surface area contributed by atoms with Crippen molar-refractivity contribution in [1.82, 2.24) is 10.3 Å². The number of primary amides is 1. The number of benzene rings is 1. The number of ether oxygens (including phenoxy) is 1. The monoisotopic (exact) mass is 365 g/mol. The first kappa shape index (κ1) is 17.8. The molecule has 7 nitrogen and oxygen atoms in total. The molecule has 0 unspecified atom stereocenters. The maximum atomic E-state index is 12.1. The second-order valence-corrected chi connectivity index (χ2v) is 5.82. The quantitative estimate of drug-likeness (QED) is 0.786. The zero-order valence-corrected chi connectivity index (χ0v) is 13.8. The van der Waals surface area contributed by atoms with Crippen LogP contribution in [-0.2, 0) is 9.53 Å². The largest absolute Gasteiger partial charge is 0.452 e. The summed E-state index contributed by atoms with van der Waals surface area (Å²) in [7, 11) is 0. The highest BCUT2D eigenvalue weighted by Crippen LogP contribution is 2.33. The average Bonchev–Trinajstić information content (AvgIpc) is 2.54. The van der Waals surface area contributed by atoms with Gasteiger partial charge in [0.15, 0.2) is 6.61 Å². The molecule has 0 saturated heterocycles. The highest BCUT2D eigenvalue weighted by molar-refractivity contribution is 7.99. The van der Waals surface area contributed by atoms with Crippen molar-refractivity contribution in [1.29, 1.82) is 0 Å². The molecule has 2 rings (SSSR count). The summed E-state index contributed by atoms with van der Waals surface area (Å²) in [4.78, 5) is 38.8. The Morgan fingerprint density at radius 3 is 2.67 bits per heavy atom. The van der Waals surface area contributed by atoms with Crippen LogP contribution >= 0.6 is 23.4 Å². The molecule has 0 saturated carbocycles. The number of pyridine rings is 1. The number of rotatable bonds is 5. The van der Waals surface area contributed by atoms with Crippen molar-refractivity contribution in [3.05, 3.63) is 53.2 Å². The third-order valence-electron chi connectivity index (χ3n) is 2.63. The number of aromatic nitrogens is 1. The van der Waals surface area contributed by atoms with Crippen molar-refractivity contribution >= 4 is 41.3 Å². The number of hydrogen-bond donors (Lipinski definition) is 2. The molecule has 3 amide bonds. The van der Waals surface area contributed by atoms with Crippen molar-refractivity contribution < 1.29 is 19.1 Å². The molecule has 1 heterocycles. The minimum Gasteiger partial charge on any atom is -0.452 e. The Kier molecular flexibility index (Phi) is 6.16.